The van der Waals surface area contributed by atoms with Crippen molar-refractivity contribution in [1.29, 1.82) is 5.26 Å². The van der Waals surface area contributed by atoms with E-state index in [9.17, 15) is 13.2 Å². The fourth-order valence-corrected chi connectivity index (χ4v) is 2.66. The number of benzene rings is 1. The Morgan fingerprint density at radius 3 is 2.71 bits per heavy atom. The Kier molecular flexibility index (Phi) is 4.73. The molecular formula is C15H18F3N3. The molecule has 1 atom stereocenters. The van der Waals surface area contributed by atoms with E-state index in [1.165, 1.54) is 6.07 Å². The molecule has 0 radical (unpaired) electrons. The molecule has 6 heteroatoms. The van der Waals surface area contributed by atoms with Crippen molar-refractivity contribution in [3.05, 3.63) is 29.3 Å². The molecule has 1 aromatic rings. The molecule has 0 aliphatic carbocycles. The number of alkyl halides is 3. The van der Waals surface area contributed by atoms with Crippen LogP contribution in [0.2, 0.25) is 0 Å². The van der Waals surface area contributed by atoms with Crippen LogP contribution in [0.25, 0.3) is 0 Å². The maximum atomic E-state index is 13.0. The summed E-state index contributed by atoms with van der Waals surface area (Å²) in [7, 11) is 0. The molecule has 0 amide bonds. The second-order valence-electron chi connectivity index (χ2n) is 5.17. The van der Waals surface area contributed by atoms with Crippen LogP contribution >= 0.6 is 0 Å². The highest BCUT2D eigenvalue weighted by Gasteiger charge is 2.34. The Hall–Kier alpha value is -1.74. The van der Waals surface area contributed by atoms with Crippen LogP contribution in [0, 0.1) is 11.3 Å². The zero-order valence-corrected chi connectivity index (χ0v) is 11.9. The predicted octanol–water partition coefficient (Wildman–Crippen LogP) is 3.16. The molecule has 1 aliphatic heterocycles. The summed E-state index contributed by atoms with van der Waals surface area (Å²) in [6.45, 7) is 4.19. The lowest BCUT2D eigenvalue weighted by Gasteiger charge is -2.27. The van der Waals surface area contributed by atoms with E-state index in [1.807, 2.05) is 11.8 Å². The van der Waals surface area contributed by atoms with Crippen LogP contribution in [0.1, 0.15) is 30.9 Å². The number of hydrogen-bond donors (Lipinski definition) is 1. The van der Waals surface area contributed by atoms with E-state index in [4.69, 9.17) is 5.26 Å². The summed E-state index contributed by atoms with van der Waals surface area (Å²) >= 11 is 0. The van der Waals surface area contributed by atoms with Gasteiger partial charge in [-0.25, -0.2) is 0 Å². The van der Waals surface area contributed by atoms with Gasteiger partial charge in [0.05, 0.1) is 17.2 Å². The predicted molar refractivity (Wildman–Crippen MR) is 75.1 cm³/mol. The summed E-state index contributed by atoms with van der Waals surface area (Å²) in [4.78, 5) is 1.92. The molecule has 1 aromatic carbocycles. The Labute approximate surface area is 122 Å². The average Bonchev–Trinajstić information content (AvgIpc) is 2.96. The molecule has 0 saturated carbocycles. The number of hydrogen-bond acceptors (Lipinski definition) is 3. The van der Waals surface area contributed by atoms with Gasteiger partial charge in [-0.2, -0.15) is 18.4 Å². The fraction of sp³-hybridized carbons (Fsp3) is 0.533. The molecule has 0 spiro atoms. The lowest BCUT2D eigenvalue weighted by atomic mass is 10.1. The fourth-order valence-electron chi connectivity index (χ4n) is 2.66. The number of nitrogens with one attached hydrogen (secondary N) is 1. The van der Waals surface area contributed by atoms with Gasteiger partial charge in [0.15, 0.2) is 0 Å². The molecule has 1 aliphatic rings. The number of anilines is 1. The third-order valence-corrected chi connectivity index (χ3v) is 3.78. The van der Waals surface area contributed by atoms with Crippen LogP contribution in [0.15, 0.2) is 18.2 Å². The highest BCUT2D eigenvalue weighted by molar-refractivity contribution is 5.55. The second-order valence-corrected chi connectivity index (χ2v) is 5.17. The molecule has 1 saturated heterocycles. The van der Waals surface area contributed by atoms with Crippen molar-refractivity contribution in [2.45, 2.75) is 32.0 Å². The van der Waals surface area contributed by atoms with E-state index in [0.717, 1.165) is 25.5 Å². The van der Waals surface area contributed by atoms with E-state index in [0.29, 0.717) is 24.8 Å². The summed E-state index contributed by atoms with van der Waals surface area (Å²) in [6, 6.07) is 5.85. The van der Waals surface area contributed by atoms with Crippen LogP contribution in [0.4, 0.5) is 18.9 Å². The van der Waals surface area contributed by atoms with Crippen LogP contribution in [0.3, 0.4) is 0 Å². The van der Waals surface area contributed by atoms with Crippen molar-refractivity contribution in [1.82, 2.24) is 5.32 Å². The second kappa shape index (κ2) is 6.35. The smallest absolute Gasteiger partial charge is 0.370 e. The molecule has 2 rings (SSSR count). The lowest BCUT2D eigenvalue weighted by molar-refractivity contribution is -0.137. The van der Waals surface area contributed by atoms with Gasteiger partial charge in [-0.3, -0.25) is 0 Å². The molecule has 114 valence electrons. The first-order valence-electron chi connectivity index (χ1n) is 7.05. The molecule has 0 bridgehead atoms. The van der Waals surface area contributed by atoms with Crippen LogP contribution in [-0.4, -0.2) is 25.7 Å². The average molecular weight is 297 g/mol. The summed E-state index contributed by atoms with van der Waals surface area (Å²) < 4.78 is 39.0. The van der Waals surface area contributed by atoms with E-state index in [1.54, 1.807) is 12.1 Å². The van der Waals surface area contributed by atoms with Gasteiger partial charge in [0.1, 0.15) is 0 Å². The monoisotopic (exact) mass is 297 g/mol. The molecule has 0 aromatic heterocycles. The molecule has 21 heavy (non-hydrogen) atoms. The van der Waals surface area contributed by atoms with Crippen molar-refractivity contribution >= 4 is 5.69 Å². The quantitative estimate of drug-likeness (QED) is 0.928. The topological polar surface area (TPSA) is 39.1 Å². The van der Waals surface area contributed by atoms with E-state index in [-0.39, 0.29) is 5.56 Å². The largest absolute Gasteiger partial charge is 0.417 e. The summed E-state index contributed by atoms with van der Waals surface area (Å²) in [5.74, 6) is 0. The van der Waals surface area contributed by atoms with E-state index in [2.05, 4.69) is 5.32 Å². The number of rotatable bonds is 4. The van der Waals surface area contributed by atoms with Gasteiger partial charge in [0.25, 0.3) is 0 Å². The standard InChI is InChI=1S/C15H18F3N3/c1-2-21(10-12-4-3-7-20-12)13-6-5-11(9-19)14(8-13)15(16,17)18/h5-6,8,12,20H,2-4,7,10H2,1H3. The Bertz CT molecular complexity index is 528. The first-order valence-corrected chi connectivity index (χ1v) is 7.05. The van der Waals surface area contributed by atoms with E-state index >= 15 is 0 Å². The first-order chi connectivity index (χ1) is 9.95. The highest BCUT2D eigenvalue weighted by atomic mass is 19.4. The van der Waals surface area contributed by atoms with Gasteiger partial charge in [-0.05, 0) is 44.5 Å². The van der Waals surface area contributed by atoms with Gasteiger partial charge < -0.3 is 10.2 Å². The van der Waals surface area contributed by atoms with Crippen molar-refractivity contribution in [3.8, 4) is 6.07 Å². The van der Waals surface area contributed by atoms with Gasteiger partial charge in [0, 0.05) is 24.8 Å². The van der Waals surface area contributed by atoms with Gasteiger partial charge in [-0.1, -0.05) is 0 Å². The zero-order chi connectivity index (χ0) is 15.5. The molecular weight excluding hydrogens is 279 g/mol. The number of nitrogens with zero attached hydrogens (tertiary/aromatic N) is 2. The molecule has 1 heterocycles. The van der Waals surface area contributed by atoms with Crippen LogP contribution < -0.4 is 10.2 Å². The molecule has 1 fully saturated rings. The summed E-state index contributed by atoms with van der Waals surface area (Å²) in [5, 5.41) is 12.2. The van der Waals surface area contributed by atoms with Crippen molar-refractivity contribution in [3.63, 3.8) is 0 Å². The lowest BCUT2D eigenvalue weighted by Crippen LogP contribution is -2.37. The van der Waals surface area contributed by atoms with E-state index < -0.39 is 11.7 Å². The maximum Gasteiger partial charge on any atom is 0.417 e. The van der Waals surface area contributed by atoms with Crippen molar-refractivity contribution in [2.75, 3.05) is 24.5 Å². The van der Waals surface area contributed by atoms with Gasteiger partial charge >= 0.3 is 6.18 Å². The third-order valence-electron chi connectivity index (χ3n) is 3.78. The molecule has 1 unspecified atom stereocenters. The first kappa shape index (κ1) is 15.6. The highest BCUT2D eigenvalue weighted by Crippen LogP contribution is 2.34. The minimum atomic E-state index is -4.51. The van der Waals surface area contributed by atoms with Crippen LogP contribution in [-0.2, 0) is 6.18 Å². The SMILES string of the molecule is CCN(CC1CCCN1)c1ccc(C#N)c(C(F)(F)F)c1. The summed E-state index contributed by atoms with van der Waals surface area (Å²) in [6.07, 6.45) is -2.37. The maximum absolute atomic E-state index is 13.0. The molecule has 1 N–H and O–H groups in total. The van der Waals surface area contributed by atoms with Gasteiger partial charge in [0.2, 0.25) is 0 Å². The number of likely N-dealkylation sites (N-methyl/N-ethyl adjacent to an activating group) is 1. The zero-order valence-electron chi connectivity index (χ0n) is 11.9. The minimum Gasteiger partial charge on any atom is -0.370 e. The number of halogens is 3. The third kappa shape index (κ3) is 3.67. The number of nitriles is 1. The van der Waals surface area contributed by atoms with Gasteiger partial charge in [-0.15, -0.1) is 0 Å². The normalized spacial score (nSPS) is 18.5. The Morgan fingerprint density at radius 2 is 2.19 bits per heavy atom. The van der Waals surface area contributed by atoms with Crippen molar-refractivity contribution in [2.24, 2.45) is 0 Å². The summed E-state index contributed by atoms with van der Waals surface area (Å²) in [5.41, 5.74) is -0.681. The Balaban J connectivity index is 2.27. The molecule has 3 nitrogen and oxygen atoms in total. The minimum absolute atomic E-state index is 0.315. The Morgan fingerprint density at radius 1 is 1.43 bits per heavy atom. The van der Waals surface area contributed by atoms with Crippen molar-refractivity contribution < 1.29 is 13.2 Å². The van der Waals surface area contributed by atoms with Crippen LogP contribution in [0.5, 0.6) is 0 Å².